The van der Waals surface area contributed by atoms with Gasteiger partial charge >= 0.3 is 0 Å². The van der Waals surface area contributed by atoms with E-state index in [2.05, 4.69) is 22.5 Å². The van der Waals surface area contributed by atoms with Crippen molar-refractivity contribution in [2.75, 3.05) is 30.9 Å². The standard InChI is InChI=1S/C15H22N4O2/c1-10-8-12(10)15(21)16-7-6-14(20)18-11-4-5-13(17-9-11)19(2)3/h4-5,9-10,12H,6-8H2,1-3H3,(H,16,21)(H,18,20). The van der Waals surface area contributed by atoms with Gasteiger partial charge in [-0.05, 0) is 24.5 Å². The van der Waals surface area contributed by atoms with Gasteiger partial charge in [-0.2, -0.15) is 0 Å². The van der Waals surface area contributed by atoms with E-state index in [0.29, 0.717) is 18.2 Å². The highest BCUT2D eigenvalue weighted by Crippen LogP contribution is 2.37. The lowest BCUT2D eigenvalue weighted by molar-refractivity contribution is -0.122. The third-order valence-corrected chi connectivity index (χ3v) is 3.59. The summed E-state index contributed by atoms with van der Waals surface area (Å²) in [5.41, 5.74) is 0.660. The van der Waals surface area contributed by atoms with E-state index >= 15 is 0 Å². The Balaban J connectivity index is 1.70. The molecule has 0 bridgehead atoms. The Bertz CT molecular complexity index is 513. The van der Waals surface area contributed by atoms with Crippen molar-refractivity contribution in [3.63, 3.8) is 0 Å². The first kappa shape index (κ1) is 15.3. The third kappa shape index (κ3) is 4.44. The highest BCUT2D eigenvalue weighted by molar-refractivity contribution is 5.91. The quantitative estimate of drug-likeness (QED) is 0.827. The fraction of sp³-hybridized carbons (Fsp3) is 0.533. The average Bonchev–Trinajstić information content (AvgIpc) is 3.16. The molecule has 2 unspecified atom stereocenters. The van der Waals surface area contributed by atoms with E-state index in [0.717, 1.165) is 12.2 Å². The summed E-state index contributed by atoms with van der Waals surface area (Å²) in [6.07, 6.45) is 2.85. The summed E-state index contributed by atoms with van der Waals surface area (Å²) in [5, 5.41) is 5.56. The zero-order chi connectivity index (χ0) is 15.4. The predicted molar refractivity (Wildman–Crippen MR) is 82.1 cm³/mol. The van der Waals surface area contributed by atoms with Gasteiger partial charge in [0, 0.05) is 33.0 Å². The summed E-state index contributed by atoms with van der Waals surface area (Å²) in [4.78, 5) is 29.5. The molecule has 1 aliphatic carbocycles. The van der Waals surface area contributed by atoms with E-state index in [-0.39, 0.29) is 24.2 Å². The number of anilines is 2. The maximum atomic E-state index is 11.8. The lowest BCUT2D eigenvalue weighted by atomic mass is 10.3. The fourth-order valence-electron chi connectivity index (χ4n) is 2.07. The minimum absolute atomic E-state index is 0.0623. The van der Waals surface area contributed by atoms with Crippen LogP contribution in [0.25, 0.3) is 0 Å². The van der Waals surface area contributed by atoms with Gasteiger partial charge in [0.1, 0.15) is 5.82 Å². The van der Waals surface area contributed by atoms with Gasteiger partial charge in [-0.15, -0.1) is 0 Å². The Labute approximate surface area is 124 Å². The van der Waals surface area contributed by atoms with E-state index in [1.165, 1.54) is 0 Å². The van der Waals surface area contributed by atoms with Gasteiger partial charge in [0.15, 0.2) is 0 Å². The SMILES string of the molecule is CC1CC1C(=O)NCCC(=O)Nc1ccc(N(C)C)nc1. The molecule has 0 aromatic carbocycles. The maximum absolute atomic E-state index is 11.8. The van der Waals surface area contributed by atoms with Gasteiger partial charge < -0.3 is 15.5 Å². The molecule has 1 aliphatic rings. The molecular formula is C15H22N4O2. The van der Waals surface area contributed by atoms with Crippen molar-refractivity contribution in [2.24, 2.45) is 11.8 Å². The number of pyridine rings is 1. The van der Waals surface area contributed by atoms with Crippen molar-refractivity contribution in [2.45, 2.75) is 19.8 Å². The topological polar surface area (TPSA) is 74.3 Å². The number of hydrogen-bond acceptors (Lipinski definition) is 4. The van der Waals surface area contributed by atoms with Crippen molar-refractivity contribution in [3.05, 3.63) is 18.3 Å². The molecule has 2 atom stereocenters. The van der Waals surface area contributed by atoms with E-state index < -0.39 is 0 Å². The number of carbonyl (C=O) groups excluding carboxylic acids is 2. The molecule has 1 fully saturated rings. The summed E-state index contributed by atoms with van der Waals surface area (Å²) in [6, 6.07) is 3.65. The van der Waals surface area contributed by atoms with Crippen LogP contribution < -0.4 is 15.5 Å². The first-order chi connectivity index (χ1) is 9.97. The largest absolute Gasteiger partial charge is 0.363 e. The molecule has 0 aliphatic heterocycles. The fourth-order valence-corrected chi connectivity index (χ4v) is 2.07. The van der Waals surface area contributed by atoms with Crippen LogP contribution in [0.2, 0.25) is 0 Å². The number of rotatable bonds is 6. The van der Waals surface area contributed by atoms with Crippen LogP contribution in [0.5, 0.6) is 0 Å². The molecule has 6 nitrogen and oxygen atoms in total. The van der Waals surface area contributed by atoms with Crippen molar-refractivity contribution >= 4 is 23.3 Å². The van der Waals surface area contributed by atoms with Crippen molar-refractivity contribution in [3.8, 4) is 0 Å². The van der Waals surface area contributed by atoms with Gasteiger partial charge in [0.2, 0.25) is 11.8 Å². The second kappa shape index (κ2) is 6.56. The Morgan fingerprint density at radius 2 is 2.10 bits per heavy atom. The van der Waals surface area contributed by atoms with Crippen LogP contribution in [0.4, 0.5) is 11.5 Å². The Morgan fingerprint density at radius 3 is 2.62 bits per heavy atom. The molecular weight excluding hydrogens is 268 g/mol. The molecule has 0 radical (unpaired) electrons. The second-order valence-electron chi connectivity index (χ2n) is 5.71. The van der Waals surface area contributed by atoms with E-state index in [1.54, 1.807) is 6.20 Å². The van der Waals surface area contributed by atoms with Gasteiger partial charge in [-0.25, -0.2) is 4.98 Å². The zero-order valence-electron chi connectivity index (χ0n) is 12.7. The lowest BCUT2D eigenvalue weighted by Crippen LogP contribution is -2.29. The number of hydrogen-bond donors (Lipinski definition) is 2. The summed E-state index contributed by atoms with van der Waals surface area (Å²) < 4.78 is 0. The Kier molecular flexibility index (Phi) is 4.77. The molecule has 0 saturated heterocycles. The van der Waals surface area contributed by atoms with Gasteiger partial charge in [-0.1, -0.05) is 6.92 Å². The number of amides is 2. The van der Waals surface area contributed by atoms with Crippen molar-refractivity contribution in [1.29, 1.82) is 0 Å². The summed E-state index contributed by atoms with van der Waals surface area (Å²) in [5.74, 6) is 1.40. The highest BCUT2D eigenvalue weighted by atomic mass is 16.2. The monoisotopic (exact) mass is 290 g/mol. The smallest absolute Gasteiger partial charge is 0.226 e. The van der Waals surface area contributed by atoms with Crippen LogP contribution in [0.15, 0.2) is 18.3 Å². The minimum atomic E-state index is -0.126. The van der Waals surface area contributed by atoms with Crippen LogP contribution in [-0.2, 0) is 9.59 Å². The Hall–Kier alpha value is -2.11. The van der Waals surface area contributed by atoms with Crippen molar-refractivity contribution in [1.82, 2.24) is 10.3 Å². The van der Waals surface area contributed by atoms with Gasteiger partial charge in [-0.3, -0.25) is 9.59 Å². The highest BCUT2D eigenvalue weighted by Gasteiger charge is 2.38. The Morgan fingerprint density at radius 1 is 1.38 bits per heavy atom. The molecule has 2 rings (SSSR count). The molecule has 6 heteroatoms. The minimum Gasteiger partial charge on any atom is -0.363 e. The van der Waals surface area contributed by atoms with E-state index in [1.807, 2.05) is 31.1 Å². The summed E-state index contributed by atoms with van der Waals surface area (Å²) in [7, 11) is 3.81. The average molecular weight is 290 g/mol. The van der Waals surface area contributed by atoms with Crippen LogP contribution in [0.3, 0.4) is 0 Å². The first-order valence-corrected chi connectivity index (χ1v) is 7.18. The molecule has 114 valence electrons. The predicted octanol–water partition coefficient (Wildman–Crippen LogP) is 1.25. The summed E-state index contributed by atoms with van der Waals surface area (Å²) >= 11 is 0. The van der Waals surface area contributed by atoms with Crippen LogP contribution >= 0.6 is 0 Å². The molecule has 2 N–H and O–H groups in total. The number of nitrogens with zero attached hydrogens (tertiary/aromatic N) is 2. The molecule has 1 aromatic heterocycles. The van der Waals surface area contributed by atoms with Crippen LogP contribution in [0.1, 0.15) is 19.8 Å². The summed E-state index contributed by atoms with van der Waals surface area (Å²) in [6.45, 7) is 2.43. The molecule has 1 heterocycles. The maximum Gasteiger partial charge on any atom is 0.226 e. The normalized spacial score (nSPS) is 19.8. The second-order valence-corrected chi connectivity index (χ2v) is 5.71. The van der Waals surface area contributed by atoms with Gasteiger partial charge in [0.25, 0.3) is 0 Å². The van der Waals surface area contributed by atoms with E-state index in [4.69, 9.17) is 0 Å². The third-order valence-electron chi connectivity index (χ3n) is 3.59. The number of carbonyl (C=O) groups is 2. The number of nitrogens with one attached hydrogen (secondary N) is 2. The first-order valence-electron chi connectivity index (χ1n) is 7.18. The molecule has 0 spiro atoms. The zero-order valence-corrected chi connectivity index (χ0v) is 12.7. The number of aromatic nitrogens is 1. The molecule has 21 heavy (non-hydrogen) atoms. The van der Waals surface area contributed by atoms with Gasteiger partial charge in [0.05, 0.1) is 11.9 Å². The van der Waals surface area contributed by atoms with E-state index in [9.17, 15) is 9.59 Å². The molecule has 1 aromatic rings. The lowest BCUT2D eigenvalue weighted by Gasteiger charge is -2.11. The molecule has 2 amide bonds. The van der Waals surface area contributed by atoms with Crippen molar-refractivity contribution < 1.29 is 9.59 Å². The van der Waals surface area contributed by atoms with Crippen LogP contribution in [0, 0.1) is 11.8 Å². The van der Waals surface area contributed by atoms with Crippen LogP contribution in [-0.4, -0.2) is 37.4 Å². The molecule has 1 saturated carbocycles.